The van der Waals surface area contributed by atoms with Crippen LogP contribution < -0.4 is 4.90 Å². The Kier molecular flexibility index (Phi) is 5.12. The number of hydrogen-bond donors (Lipinski definition) is 0. The maximum atomic E-state index is 13.7. The predicted molar refractivity (Wildman–Crippen MR) is 95.3 cm³/mol. The van der Waals surface area contributed by atoms with Gasteiger partial charge in [0, 0.05) is 37.4 Å². The Hall–Kier alpha value is -2.69. The van der Waals surface area contributed by atoms with Crippen molar-refractivity contribution in [2.75, 3.05) is 31.1 Å². The van der Waals surface area contributed by atoms with Gasteiger partial charge in [0.15, 0.2) is 5.78 Å². The molecule has 130 valence electrons. The SMILES string of the molecule is CC(=O)c1ccc(N2CCN(C(=O)Cc3ccccc3F)CC2)cc1. The van der Waals surface area contributed by atoms with Gasteiger partial charge in [-0.25, -0.2) is 4.39 Å². The normalized spacial score (nSPS) is 14.5. The number of rotatable bonds is 4. The van der Waals surface area contributed by atoms with Crippen LogP contribution in [0.15, 0.2) is 48.5 Å². The molecule has 1 heterocycles. The highest BCUT2D eigenvalue weighted by atomic mass is 19.1. The van der Waals surface area contributed by atoms with Crippen molar-refractivity contribution in [1.29, 1.82) is 0 Å². The summed E-state index contributed by atoms with van der Waals surface area (Å²) in [6, 6.07) is 13.9. The van der Waals surface area contributed by atoms with Gasteiger partial charge in [0.25, 0.3) is 0 Å². The summed E-state index contributed by atoms with van der Waals surface area (Å²) in [4.78, 5) is 27.7. The molecule has 1 fully saturated rings. The average Bonchev–Trinajstić information content (AvgIpc) is 2.64. The largest absolute Gasteiger partial charge is 0.368 e. The van der Waals surface area contributed by atoms with Crippen molar-refractivity contribution in [3.8, 4) is 0 Å². The third-order valence-electron chi connectivity index (χ3n) is 4.57. The van der Waals surface area contributed by atoms with Crippen molar-refractivity contribution in [1.82, 2.24) is 4.90 Å². The molecule has 25 heavy (non-hydrogen) atoms. The Morgan fingerprint density at radius 3 is 2.20 bits per heavy atom. The molecule has 1 aliphatic rings. The van der Waals surface area contributed by atoms with Gasteiger partial charge in [-0.1, -0.05) is 18.2 Å². The van der Waals surface area contributed by atoms with Crippen LogP contribution >= 0.6 is 0 Å². The van der Waals surface area contributed by atoms with Crippen molar-refractivity contribution in [3.63, 3.8) is 0 Å². The van der Waals surface area contributed by atoms with E-state index in [2.05, 4.69) is 4.90 Å². The molecule has 0 N–H and O–H groups in total. The zero-order valence-corrected chi connectivity index (χ0v) is 14.2. The second-order valence-electron chi connectivity index (χ2n) is 6.24. The number of Topliss-reactive ketones (excluding diaryl/α,β-unsaturated/α-hetero) is 1. The molecule has 2 aromatic carbocycles. The Balaban J connectivity index is 1.57. The topological polar surface area (TPSA) is 40.6 Å². The first-order valence-electron chi connectivity index (χ1n) is 8.42. The molecule has 0 radical (unpaired) electrons. The Bertz CT molecular complexity index is 766. The van der Waals surface area contributed by atoms with Gasteiger partial charge < -0.3 is 9.80 Å². The van der Waals surface area contributed by atoms with Crippen LogP contribution in [0.3, 0.4) is 0 Å². The Morgan fingerprint density at radius 2 is 1.60 bits per heavy atom. The highest BCUT2D eigenvalue weighted by molar-refractivity contribution is 5.94. The third-order valence-corrected chi connectivity index (χ3v) is 4.57. The van der Waals surface area contributed by atoms with Crippen molar-refractivity contribution < 1.29 is 14.0 Å². The smallest absolute Gasteiger partial charge is 0.227 e. The number of carbonyl (C=O) groups is 2. The van der Waals surface area contributed by atoms with Gasteiger partial charge in [-0.3, -0.25) is 9.59 Å². The molecular weight excluding hydrogens is 319 g/mol. The quantitative estimate of drug-likeness (QED) is 0.804. The van der Waals surface area contributed by atoms with Crippen LogP contribution in [0.5, 0.6) is 0 Å². The molecule has 1 amide bonds. The highest BCUT2D eigenvalue weighted by Gasteiger charge is 2.22. The van der Waals surface area contributed by atoms with Crippen molar-refractivity contribution in [3.05, 3.63) is 65.5 Å². The van der Waals surface area contributed by atoms with Gasteiger partial charge >= 0.3 is 0 Å². The molecule has 1 saturated heterocycles. The van der Waals surface area contributed by atoms with Crippen molar-refractivity contribution in [2.45, 2.75) is 13.3 Å². The third kappa shape index (κ3) is 4.05. The first-order chi connectivity index (χ1) is 12.0. The monoisotopic (exact) mass is 340 g/mol. The maximum absolute atomic E-state index is 13.7. The van der Waals surface area contributed by atoms with E-state index in [1.54, 1.807) is 30.0 Å². The molecule has 2 aromatic rings. The summed E-state index contributed by atoms with van der Waals surface area (Å²) >= 11 is 0. The predicted octanol–water partition coefficient (Wildman–Crippen LogP) is 2.92. The van der Waals surface area contributed by atoms with Gasteiger partial charge in [-0.05, 0) is 42.8 Å². The van der Waals surface area contributed by atoms with E-state index >= 15 is 0 Å². The molecule has 0 spiro atoms. The lowest BCUT2D eigenvalue weighted by Crippen LogP contribution is -2.49. The zero-order chi connectivity index (χ0) is 17.8. The Labute approximate surface area is 146 Å². The average molecular weight is 340 g/mol. The second-order valence-corrected chi connectivity index (χ2v) is 6.24. The van der Waals surface area contributed by atoms with Crippen LogP contribution in [0.2, 0.25) is 0 Å². The van der Waals surface area contributed by atoms with E-state index in [1.807, 2.05) is 24.3 Å². The number of benzene rings is 2. The number of anilines is 1. The van der Waals surface area contributed by atoms with Gasteiger partial charge in [0.2, 0.25) is 5.91 Å². The van der Waals surface area contributed by atoms with Gasteiger partial charge in [-0.2, -0.15) is 0 Å². The van der Waals surface area contributed by atoms with E-state index in [9.17, 15) is 14.0 Å². The lowest BCUT2D eigenvalue weighted by atomic mass is 10.1. The summed E-state index contributed by atoms with van der Waals surface area (Å²) in [6.45, 7) is 4.23. The zero-order valence-electron chi connectivity index (χ0n) is 14.2. The van der Waals surface area contributed by atoms with Crippen LogP contribution in [0.4, 0.5) is 10.1 Å². The molecule has 0 aliphatic carbocycles. The molecule has 0 aromatic heterocycles. The van der Waals surface area contributed by atoms with E-state index in [-0.39, 0.29) is 23.9 Å². The van der Waals surface area contributed by atoms with Crippen LogP contribution in [0.25, 0.3) is 0 Å². The van der Waals surface area contributed by atoms with Crippen LogP contribution in [0.1, 0.15) is 22.8 Å². The summed E-state index contributed by atoms with van der Waals surface area (Å²) in [5.41, 5.74) is 2.18. The molecule has 3 rings (SSSR count). The number of hydrogen-bond acceptors (Lipinski definition) is 3. The van der Waals surface area contributed by atoms with Gasteiger partial charge in [-0.15, -0.1) is 0 Å². The molecule has 0 unspecified atom stereocenters. The Morgan fingerprint density at radius 1 is 0.960 bits per heavy atom. The van der Waals surface area contributed by atoms with Gasteiger partial charge in [0.1, 0.15) is 5.82 Å². The minimum Gasteiger partial charge on any atom is -0.368 e. The van der Waals surface area contributed by atoms with Crippen molar-refractivity contribution >= 4 is 17.4 Å². The molecule has 0 bridgehead atoms. The fraction of sp³-hybridized carbons (Fsp3) is 0.300. The first kappa shape index (κ1) is 17.1. The minimum absolute atomic E-state index is 0.0447. The number of nitrogens with zero attached hydrogens (tertiary/aromatic N) is 2. The highest BCUT2D eigenvalue weighted by Crippen LogP contribution is 2.18. The van der Waals surface area contributed by atoms with Crippen LogP contribution in [-0.2, 0) is 11.2 Å². The van der Waals surface area contributed by atoms with Crippen LogP contribution in [0, 0.1) is 5.82 Å². The fourth-order valence-corrected chi connectivity index (χ4v) is 3.04. The van der Waals surface area contributed by atoms with E-state index in [0.717, 1.165) is 18.8 Å². The fourth-order valence-electron chi connectivity index (χ4n) is 3.04. The summed E-state index contributed by atoms with van der Waals surface area (Å²) in [5.74, 6) is -0.327. The summed E-state index contributed by atoms with van der Waals surface area (Å²) in [7, 11) is 0. The van der Waals surface area contributed by atoms with E-state index in [0.29, 0.717) is 24.2 Å². The number of amides is 1. The first-order valence-corrected chi connectivity index (χ1v) is 8.42. The molecule has 0 saturated carbocycles. The number of piperazine rings is 1. The number of carbonyl (C=O) groups excluding carboxylic acids is 2. The molecule has 1 aliphatic heterocycles. The molecule has 5 heteroatoms. The summed E-state index contributed by atoms with van der Waals surface area (Å²) in [5, 5.41) is 0. The van der Waals surface area contributed by atoms with E-state index in [4.69, 9.17) is 0 Å². The van der Waals surface area contributed by atoms with Crippen LogP contribution in [-0.4, -0.2) is 42.8 Å². The lowest BCUT2D eigenvalue weighted by molar-refractivity contribution is -0.130. The van der Waals surface area contributed by atoms with E-state index < -0.39 is 0 Å². The molecular formula is C20H21FN2O2. The van der Waals surface area contributed by atoms with Crippen molar-refractivity contribution in [2.24, 2.45) is 0 Å². The molecule has 4 nitrogen and oxygen atoms in total. The lowest BCUT2D eigenvalue weighted by Gasteiger charge is -2.36. The minimum atomic E-state index is -0.333. The summed E-state index contributed by atoms with van der Waals surface area (Å²) < 4.78 is 13.7. The van der Waals surface area contributed by atoms with Gasteiger partial charge in [0.05, 0.1) is 6.42 Å². The van der Waals surface area contributed by atoms with E-state index in [1.165, 1.54) is 6.07 Å². The molecule has 0 atom stereocenters. The number of halogens is 1. The number of ketones is 1. The standard InChI is InChI=1S/C20H21FN2O2/c1-15(24)16-6-8-18(9-7-16)22-10-12-23(13-11-22)20(25)14-17-4-2-3-5-19(17)21/h2-9H,10-14H2,1H3. The summed E-state index contributed by atoms with van der Waals surface area (Å²) in [6.07, 6.45) is 0.0972. The maximum Gasteiger partial charge on any atom is 0.227 e. The second kappa shape index (κ2) is 7.47.